The molecule has 2 N–H and O–H groups in total. The maximum Gasteiger partial charge on any atom is 0.165 e. The van der Waals surface area contributed by atoms with Gasteiger partial charge >= 0.3 is 0 Å². The van der Waals surface area contributed by atoms with Crippen molar-refractivity contribution < 1.29 is 0 Å². The van der Waals surface area contributed by atoms with Crippen LogP contribution in [0.2, 0.25) is 0 Å². The van der Waals surface area contributed by atoms with Crippen molar-refractivity contribution in [2.24, 2.45) is 0 Å². The van der Waals surface area contributed by atoms with E-state index >= 15 is 0 Å². The SMILES string of the molecule is CCNC(CSc1ncc[nH]1)c1c(C)cc(C)cc1C. The Kier molecular flexibility index (Phi) is 5.26. The Hall–Kier alpha value is -1.26. The molecule has 0 saturated heterocycles. The van der Waals surface area contributed by atoms with E-state index in [1.807, 2.05) is 6.20 Å². The summed E-state index contributed by atoms with van der Waals surface area (Å²) in [5.74, 6) is 0.978. The summed E-state index contributed by atoms with van der Waals surface area (Å²) in [6.45, 7) is 9.69. The van der Waals surface area contributed by atoms with E-state index in [1.54, 1.807) is 18.0 Å². The van der Waals surface area contributed by atoms with Crippen LogP contribution in [0.4, 0.5) is 0 Å². The molecular weight excluding hydrogens is 266 g/mol. The molecule has 20 heavy (non-hydrogen) atoms. The molecule has 1 aromatic carbocycles. The first kappa shape index (κ1) is 15.1. The monoisotopic (exact) mass is 289 g/mol. The van der Waals surface area contributed by atoms with Crippen LogP contribution in [0.15, 0.2) is 29.7 Å². The van der Waals surface area contributed by atoms with Crippen LogP contribution in [0.1, 0.15) is 35.2 Å². The van der Waals surface area contributed by atoms with Gasteiger partial charge in [0, 0.05) is 24.2 Å². The molecule has 1 atom stereocenters. The average Bonchev–Trinajstić information content (AvgIpc) is 2.87. The van der Waals surface area contributed by atoms with Gasteiger partial charge < -0.3 is 10.3 Å². The van der Waals surface area contributed by atoms with Crippen LogP contribution in [0.25, 0.3) is 0 Å². The normalized spacial score (nSPS) is 12.6. The molecule has 0 aliphatic carbocycles. The molecule has 2 rings (SSSR count). The second kappa shape index (κ2) is 6.95. The Morgan fingerprint density at radius 2 is 1.95 bits per heavy atom. The van der Waals surface area contributed by atoms with E-state index in [-0.39, 0.29) is 0 Å². The summed E-state index contributed by atoms with van der Waals surface area (Å²) in [6, 6.07) is 4.89. The number of thioether (sulfide) groups is 1. The number of nitrogens with one attached hydrogen (secondary N) is 2. The van der Waals surface area contributed by atoms with Crippen molar-refractivity contribution in [2.45, 2.75) is 38.9 Å². The van der Waals surface area contributed by atoms with Crippen molar-refractivity contribution in [3.8, 4) is 0 Å². The third-order valence-corrected chi connectivity index (χ3v) is 4.39. The van der Waals surface area contributed by atoms with E-state index in [4.69, 9.17) is 0 Å². The molecule has 4 heteroatoms. The van der Waals surface area contributed by atoms with Crippen LogP contribution in [0.5, 0.6) is 0 Å². The number of aromatic amines is 1. The predicted octanol–water partition coefficient (Wildman–Crippen LogP) is 3.78. The van der Waals surface area contributed by atoms with Gasteiger partial charge in [-0.05, 0) is 44.0 Å². The second-order valence-corrected chi connectivity index (χ2v) is 6.14. The maximum atomic E-state index is 4.28. The van der Waals surface area contributed by atoms with Crippen molar-refractivity contribution in [2.75, 3.05) is 12.3 Å². The molecule has 2 aromatic rings. The van der Waals surface area contributed by atoms with E-state index < -0.39 is 0 Å². The van der Waals surface area contributed by atoms with Crippen LogP contribution in [0.3, 0.4) is 0 Å². The summed E-state index contributed by atoms with van der Waals surface area (Å²) in [5, 5.41) is 4.58. The van der Waals surface area contributed by atoms with E-state index in [9.17, 15) is 0 Å². The molecule has 0 bridgehead atoms. The molecule has 0 aliphatic heterocycles. The summed E-state index contributed by atoms with van der Waals surface area (Å²) in [7, 11) is 0. The lowest BCUT2D eigenvalue weighted by Gasteiger charge is -2.22. The molecule has 0 fully saturated rings. The third-order valence-electron chi connectivity index (χ3n) is 3.40. The number of aryl methyl sites for hydroxylation is 3. The molecule has 1 heterocycles. The van der Waals surface area contributed by atoms with Crippen molar-refractivity contribution in [1.29, 1.82) is 0 Å². The van der Waals surface area contributed by atoms with Gasteiger partial charge in [0.2, 0.25) is 0 Å². The Bertz CT molecular complexity index is 526. The standard InChI is InChI=1S/C16H23N3S/c1-5-17-14(10-20-16-18-6-7-19-16)15-12(3)8-11(2)9-13(15)4/h6-9,14,17H,5,10H2,1-4H3,(H,18,19). The van der Waals surface area contributed by atoms with Gasteiger partial charge in [-0.15, -0.1) is 0 Å². The van der Waals surface area contributed by atoms with Crippen molar-refractivity contribution in [1.82, 2.24) is 15.3 Å². The Balaban J connectivity index is 2.19. The number of benzene rings is 1. The number of nitrogens with zero attached hydrogens (tertiary/aromatic N) is 1. The second-order valence-electron chi connectivity index (χ2n) is 5.13. The first-order chi connectivity index (χ1) is 9.61. The van der Waals surface area contributed by atoms with E-state index in [1.165, 1.54) is 22.3 Å². The van der Waals surface area contributed by atoms with Gasteiger partial charge in [0.1, 0.15) is 0 Å². The minimum atomic E-state index is 0.357. The highest BCUT2D eigenvalue weighted by atomic mass is 32.2. The highest BCUT2D eigenvalue weighted by Crippen LogP contribution is 2.28. The summed E-state index contributed by atoms with van der Waals surface area (Å²) in [4.78, 5) is 7.43. The lowest BCUT2D eigenvalue weighted by molar-refractivity contribution is 0.599. The third kappa shape index (κ3) is 3.64. The Labute approximate surface area is 125 Å². The highest BCUT2D eigenvalue weighted by molar-refractivity contribution is 7.99. The number of hydrogen-bond donors (Lipinski definition) is 2. The summed E-state index contributed by atoms with van der Waals surface area (Å²) < 4.78 is 0. The van der Waals surface area contributed by atoms with Gasteiger partial charge in [0.05, 0.1) is 0 Å². The zero-order valence-electron chi connectivity index (χ0n) is 12.7. The first-order valence-electron chi connectivity index (χ1n) is 7.05. The molecule has 0 saturated carbocycles. The van der Waals surface area contributed by atoms with Gasteiger partial charge in [-0.25, -0.2) is 4.98 Å². The van der Waals surface area contributed by atoms with Crippen LogP contribution in [-0.4, -0.2) is 22.3 Å². The van der Waals surface area contributed by atoms with Crippen molar-refractivity contribution >= 4 is 11.8 Å². The fourth-order valence-electron chi connectivity index (χ4n) is 2.72. The topological polar surface area (TPSA) is 40.7 Å². The minimum absolute atomic E-state index is 0.357. The van der Waals surface area contributed by atoms with Gasteiger partial charge in [-0.2, -0.15) is 0 Å². The molecule has 0 spiro atoms. The molecule has 0 aliphatic rings. The Morgan fingerprint density at radius 1 is 1.25 bits per heavy atom. The smallest absolute Gasteiger partial charge is 0.165 e. The number of rotatable bonds is 6. The molecule has 0 amide bonds. The fraction of sp³-hybridized carbons (Fsp3) is 0.438. The number of imidazole rings is 1. The zero-order chi connectivity index (χ0) is 14.5. The number of hydrogen-bond acceptors (Lipinski definition) is 3. The highest BCUT2D eigenvalue weighted by Gasteiger charge is 2.16. The number of H-pyrrole nitrogens is 1. The zero-order valence-corrected chi connectivity index (χ0v) is 13.5. The van der Waals surface area contributed by atoms with E-state index in [0.717, 1.165) is 17.5 Å². The summed E-state index contributed by atoms with van der Waals surface area (Å²) in [6.07, 6.45) is 3.67. The number of aromatic nitrogens is 2. The van der Waals surface area contributed by atoms with Crippen molar-refractivity contribution in [3.05, 3.63) is 46.8 Å². The molecular formula is C16H23N3S. The van der Waals surface area contributed by atoms with Gasteiger partial charge in [-0.1, -0.05) is 36.4 Å². The summed E-state index contributed by atoms with van der Waals surface area (Å²) in [5.41, 5.74) is 5.50. The van der Waals surface area contributed by atoms with Crippen LogP contribution in [-0.2, 0) is 0 Å². The summed E-state index contributed by atoms with van der Waals surface area (Å²) >= 11 is 1.76. The molecule has 0 radical (unpaired) electrons. The van der Waals surface area contributed by atoms with Crippen LogP contribution < -0.4 is 5.32 Å². The quantitative estimate of drug-likeness (QED) is 0.795. The van der Waals surface area contributed by atoms with Gasteiger partial charge in [0.15, 0.2) is 5.16 Å². The van der Waals surface area contributed by atoms with Gasteiger partial charge in [0.25, 0.3) is 0 Å². The van der Waals surface area contributed by atoms with E-state index in [0.29, 0.717) is 6.04 Å². The Morgan fingerprint density at radius 3 is 2.50 bits per heavy atom. The first-order valence-corrected chi connectivity index (χ1v) is 8.03. The van der Waals surface area contributed by atoms with E-state index in [2.05, 4.69) is 55.1 Å². The molecule has 108 valence electrons. The largest absolute Gasteiger partial charge is 0.340 e. The molecule has 1 unspecified atom stereocenters. The fourth-order valence-corrected chi connectivity index (χ4v) is 3.62. The maximum absolute atomic E-state index is 4.28. The van der Waals surface area contributed by atoms with Gasteiger partial charge in [-0.3, -0.25) is 0 Å². The average molecular weight is 289 g/mol. The molecule has 1 aromatic heterocycles. The minimum Gasteiger partial charge on any atom is -0.340 e. The lowest BCUT2D eigenvalue weighted by Crippen LogP contribution is -2.24. The van der Waals surface area contributed by atoms with Crippen molar-refractivity contribution in [3.63, 3.8) is 0 Å². The van der Waals surface area contributed by atoms with Crippen LogP contribution in [0, 0.1) is 20.8 Å². The lowest BCUT2D eigenvalue weighted by atomic mass is 9.95. The van der Waals surface area contributed by atoms with Crippen LogP contribution >= 0.6 is 11.8 Å². The predicted molar refractivity (Wildman–Crippen MR) is 86.4 cm³/mol. The molecule has 3 nitrogen and oxygen atoms in total.